The number of methoxy groups -OCH3 is 1. The number of nitrogens with one attached hydrogen (secondary N) is 1. The summed E-state index contributed by atoms with van der Waals surface area (Å²) in [6.07, 6.45) is 0.971. The first-order chi connectivity index (χ1) is 13.8. The fourth-order valence-electron chi connectivity index (χ4n) is 3.25. The molecule has 7 nitrogen and oxygen atoms in total. The molecule has 0 bridgehead atoms. The molecule has 150 valence electrons. The van der Waals surface area contributed by atoms with Crippen LogP contribution in [0, 0.1) is 0 Å². The molecule has 4 rings (SSSR count). The minimum Gasteiger partial charge on any atom is -0.481 e. The van der Waals surface area contributed by atoms with Gasteiger partial charge >= 0.3 is 6.18 Å². The summed E-state index contributed by atoms with van der Waals surface area (Å²) in [5.74, 6) is 0.0373. The van der Waals surface area contributed by atoms with Gasteiger partial charge in [-0.2, -0.15) is 18.3 Å². The molecule has 3 aromatic rings. The van der Waals surface area contributed by atoms with E-state index < -0.39 is 11.9 Å². The van der Waals surface area contributed by atoms with Crippen molar-refractivity contribution in [2.24, 2.45) is 0 Å². The first-order valence-electron chi connectivity index (χ1n) is 8.78. The SMILES string of the molecule is COc1cc(C(=O)NC2CCc3nn(-c4ccnc(C(F)(F)F)c4)cc32)ccn1. The molecule has 1 atom stereocenters. The van der Waals surface area contributed by atoms with Crippen LogP contribution in [0.2, 0.25) is 0 Å². The Hall–Kier alpha value is -3.43. The van der Waals surface area contributed by atoms with Crippen molar-refractivity contribution in [1.82, 2.24) is 25.1 Å². The normalized spacial score (nSPS) is 15.8. The van der Waals surface area contributed by atoms with Crippen LogP contribution in [0.1, 0.15) is 39.8 Å². The second-order valence-corrected chi connectivity index (χ2v) is 6.52. The lowest BCUT2D eigenvalue weighted by Crippen LogP contribution is -2.27. The van der Waals surface area contributed by atoms with E-state index in [1.807, 2.05) is 0 Å². The van der Waals surface area contributed by atoms with Crippen molar-refractivity contribution in [3.8, 4) is 11.6 Å². The number of carbonyl (C=O) groups is 1. The van der Waals surface area contributed by atoms with Crippen molar-refractivity contribution in [3.63, 3.8) is 0 Å². The van der Waals surface area contributed by atoms with Crippen molar-refractivity contribution < 1.29 is 22.7 Å². The zero-order valence-electron chi connectivity index (χ0n) is 15.3. The average Bonchev–Trinajstić information content (AvgIpc) is 3.29. The Morgan fingerprint density at radius 1 is 1.24 bits per heavy atom. The Morgan fingerprint density at radius 2 is 2.03 bits per heavy atom. The van der Waals surface area contributed by atoms with E-state index in [1.54, 1.807) is 12.3 Å². The number of amides is 1. The summed E-state index contributed by atoms with van der Waals surface area (Å²) in [4.78, 5) is 19.9. The van der Waals surface area contributed by atoms with Gasteiger partial charge in [0.25, 0.3) is 5.91 Å². The predicted molar refractivity (Wildman–Crippen MR) is 95.7 cm³/mol. The standard InChI is InChI=1S/C19H16F3N5O2/c1-29-17-8-11(4-6-24-17)18(28)25-14-2-3-15-13(14)10-27(26-15)12-5-7-23-16(9-12)19(20,21)22/h4-10,14H,2-3H2,1H3,(H,25,28). The maximum Gasteiger partial charge on any atom is 0.433 e. The molecule has 3 heterocycles. The Balaban J connectivity index is 1.56. The molecule has 1 amide bonds. The van der Waals surface area contributed by atoms with Crippen LogP contribution in [0.3, 0.4) is 0 Å². The largest absolute Gasteiger partial charge is 0.481 e. The number of carbonyl (C=O) groups excluding carboxylic acids is 1. The van der Waals surface area contributed by atoms with Gasteiger partial charge in [0, 0.05) is 35.8 Å². The number of hydrogen-bond acceptors (Lipinski definition) is 5. The fourth-order valence-corrected chi connectivity index (χ4v) is 3.25. The smallest absolute Gasteiger partial charge is 0.433 e. The minimum absolute atomic E-state index is 0.255. The number of ether oxygens (including phenoxy) is 1. The van der Waals surface area contributed by atoms with Gasteiger partial charge in [-0.1, -0.05) is 0 Å². The molecule has 0 radical (unpaired) electrons. The highest BCUT2D eigenvalue weighted by Crippen LogP contribution is 2.32. The van der Waals surface area contributed by atoms with E-state index in [2.05, 4.69) is 20.4 Å². The van der Waals surface area contributed by atoms with Crippen LogP contribution in [0.15, 0.2) is 42.9 Å². The molecule has 10 heteroatoms. The maximum atomic E-state index is 12.9. The number of fused-ring (bicyclic) bond motifs is 1. The number of rotatable bonds is 4. The highest BCUT2D eigenvalue weighted by atomic mass is 19.4. The quantitative estimate of drug-likeness (QED) is 0.724. The van der Waals surface area contributed by atoms with E-state index in [-0.39, 0.29) is 17.6 Å². The molecular formula is C19H16F3N5O2. The van der Waals surface area contributed by atoms with Gasteiger partial charge in [-0.05, 0) is 31.0 Å². The lowest BCUT2D eigenvalue weighted by atomic mass is 10.1. The van der Waals surface area contributed by atoms with Crippen LogP contribution >= 0.6 is 0 Å². The van der Waals surface area contributed by atoms with Crippen molar-refractivity contribution >= 4 is 5.91 Å². The van der Waals surface area contributed by atoms with Crippen molar-refractivity contribution in [2.75, 3.05) is 7.11 Å². The molecule has 0 aliphatic heterocycles. The van der Waals surface area contributed by atoms with Crippen LogP contribution < -0.4 is 10.1 Å². The van der Waals surface area contributed by atoms with Crippen LogP contribution in [0.25, 0.3) is 5.69 Å². The van der Waals surface area contributed by atoms with Crippen molar-refractivity contribution in [2.45, 2.75) is 25.1 Å². The molecule has 0 saturated carbocycles. The Bertz CT molecular complexity index is 1060. The highest BCUT2D eigenvalue weighted by Gasteiger charge is 2.33. The topological polar surface area (TPSA) is 81.9 Å². The molecule has 1 aliphatic rings. The number of alkyl halides is 3. The number of halogens is 3. The Morgan fingerprint density at radius 3 is 2.79 bits per heavy atom. The van der Waals surface area contributed by atoms with Crippen LogP contribution in [0.4, 0.5) is 13.2 Å². The van der Waals surface area contributed by atoms with Gasteiger partial charge in [-0.25, -0.2) is 9.67 Å². The van der Waals surface area contributed by atoms with Gasteiger partial charge in [0.1, 0.15) is 5.69 Å². The number of aromatic nitrogens is 4. The molecule has 3 aromatic heterocycles. The molecular weight excluding hydrogens is 387 g/mol. The zero-order valence-corrected chi connectivity index (χ0v) is 15.3. The number of hydrogen-bond donors (Lipinski definition) is 1. The molecule has 29 heavy (non-hydrogen) atoms. The highest BCUT2D eigenvalue weighted by molar-refractivity contribution is 5.94. The van der Waals surface area contributed by atoms with Gasteiger partial charge in [-0.15, -0.1) is 0 Å². The van der Waals surface area contributed by atoms with Crippen molar-refractivity contribution in [1.29, 1.82) is 0 Å². The van der Waals surface area contributed by atoms with Gasteiger partial charge < -0.3 is 10.1 Å². The summed E-state index contributed by atoms with van der Waals surface area (Å²) in [6.45, 7) is 0. The molecule has 1 unspecified atom stereocenters. The minimum atomic E-state index is -4.53. The van der Waals surface area contributed by atoms with E-state index in [1.165, 1.54) is 30.1 Å². The second-order valence-electron chi connectivity index (χ2n) is 6.52. The summed E-state index contributed by atoms with van der Waals surface area (Å²) in [5.41, 5.74) is 1.20. The summed E-state index contributed by atoms with van der Waals surface area (Å²) in [5, 5.41) is 7.32. The average molecular weight is 403 g/mol. The van der Waals surface area contributed by atoms with E-state index in [0.29, 0.717) is 24.3 Å². The van der Waals surface area contributed by atoms with Gasteiger partial charge in [0.05, 0.1) is 24.5 Å². The lowest BCUT2D eigenvalue weighted by molar-refractivity contribution is -0.141. The maximum absolute atomic E-state index is 12.9. The zero-order chi connectivity index (χ0) is 20.6. The second kappa shape index (κ2) is 7.19. The van der Waals surface area contributed by atoms with Crippen LogP contribution in [0.5, 0.6) is 5.88 Å². The number of aryl methyl sites for hydroxylation is 1. The number of pyridine rings is 2. The van der Waals surface area contributed by atoms with Crippen LogP contribution in [-0.2, 0) is 12.6 Å². The predicted octanol–water partition coefficient (Wildman–Crippen LogP) is 3.11. The summed E-state index contributed by atoms with van der Waals surface area (Å²) >= 11 is 0. The Labute approximate surface area is 163 Å². The summed E-state index contributed by atoms with van der Waals surface area (Å²) in [6, 6.07) is 5.22. The third-order valence-corrected chi connectivity index (χ3v) is 4.68. The third kappa shape index (κ3) is 3.78. The molecule has 1 aliphatic carbocycles. The van der Waals surface area contributed by atoms with Gasteiger partial charge in [0.2, 0.25) is 5.88 Å². The first kappa shape index (κ1) is 18.9. The monoisotopic (exact) mass is 403 g/mol. The molecule has 0 fully saturated rings. The van der Waals surface area contributed by atoms with E-state index in [9.17, 15) is 18.0 Å². The first-order valence-corrected chi connectivity index (χ1v) is 8.78. The third-order valence-electron chi connectivity index (χ3n) is 4.68. The lowest BCUT2D eigenvalue weighted by Gasteiger charge is -2.13. The van der Waals surface area contributed by atoms with Gasteiger partial charge in [0.15, 0.2) is 0 Å². The molecule has 1 N–H and O–H groups in total. The molecule has 0 aromatic carbocycles. The molecule has 0 spiro atoms. The number of nitrogens with zero attached hydrogens (tertiary/aromatic N) is 4. The van der Waals surface area contributed by atoms with E-state index in [0.717, 1.165) is 23.5 Å². The molecule has 0 saturated heterocycles. The van der Waals surface area contributed by atoms with Crippen molar-refractivity contribution in [3.05, 3.63) is 65.4 Å². The van der Waals surface area contributed by atoms with Crippen LogP contribution in [-0.4, -0.2) is 32.8 Å². The van der Waals surface area contributed by atoms with E-state index in [4.69, 9.17) is 4.74 Å². The summed E-state index contributed by atoms with van der Waals surface area (Å²) < 4.78 is 45.2. The Kier molecular flexibility index (Phi) is 4.69. The van der Waals surface area contributed by atoms with E-state index >= 15 is 0 Å². The fraction of sp³-hybridized carbons (Fsp3) is 0.263. The summed E-state index contributed by atoms with van der Waals surface area (Å²) in [7, 11) is 1.46. The van der Waals surface area contributed by atoms with Gasteiger partial charge in [-0.3, -0.25) is 9.78 Å².